The fourth-order valence-corrected chi connectivity index (χ4v) is 5.03. The van der Waals surface area contributed by atoms with E-state index < -0.39 is 0 Å². The van der Waals surface area contributed by atoms with E-state index in [2.05, 4.69) is 10.0 Å². The minimum absolute atomic E-state index is 0.105. The van der Waals surface area contributed by atoms with Crippen molar-refractivity contribution in [1.29, 1.82) is 0 Å². The Morgan fingerprint density at radius 3 is 2.13 bits per heavy atom. The van der Waals surface area contributed by atoms with E-state index in [4.69, 9.17) is 14.2 Å². The van der Waals surface area contributed by atoms with E-state index in [0.29, 0.717) is 0 Å². The molecular weight excluding hydrogens is 292 g/mol. The second-order valence-corrected chi connectivity index (χ2v) is 7.54. The molecule has 132 valence electrons. The topological polar surface area (TPSA) is 34.2 Å². The summed E-state index contributed by atoms with van der Waals surface area (Å²) >= 11 is 0. The Balaban J connectivity index is 1.64. The van der Waals surface area contributed by atoms with Crippen LogP contribution in [-0.2, 0) is 14.2 Å². The van der Waals surface area contributed by atoms with Crippen molar-refractivity contribution in [3.05, 3.63) is 0 Å². The first-order valence-electron chi connectivity index (χ1n) is 9.75. The van der Waals surface area contributed by atoms with Crippen LogP contribution in [0, 0.1) is 0 Å². The molecule has 3 unspecified atom stereocenters. The molecule has 4 fully saturated rings. The molecule has 0 saturated carbocycles. The van der Waals surface area contributed by atoms with Gasteiger partial charge in [0.05, 0.1) is 25.4 Å². The molecule has 0 spiro atoms. The van der Waals surface area contributed by atoms with Crippen molar-refractivity contribution in [3.8, 4) is 0 Å². The minimum atomic E-state index is -0.105. The summed E-state index contributed by atoms with van der Waals surface area (Å²) in [7, 11) is 0. The van der Waals surface area contributed by atoms with Gasteiger partial charge in [0.25, 0.3) is 0 Å². The van der Waals surface area contributed by atoms with E-state index in [1.165, 1.54) is 51.6 Å². The highest BCUT2D eigenvalue weighted by Crippen LogP contribution is 2.40. The van der Waals surface area contributed by atoms with E-state index in [1.807, 2.05) is 0 Å². The van der Waals surface area contributed by atoms with Crippen LogP contribution in [0.2, 0.25) is 0 Å². The maximum Gasteiger partial charge on any atom is 0.111 e. The van der Waals surface area contributed by atoms with Gasteiger partial charge in [0, 0.05) is 32.8 Å². The van der Waals surface area contributed by atoms with Gasteiger partial charge < -0.3 is 14.2 Å². The third-order valence-electron chi connectivity index (χ3n) is 6.16. The molecule has 4 aliphatic heterocycles. The molecule has 5 heteroatoms. The molecule has 3 atom stereocenters. The number of hydrogen-bond donors (Lipinski definition) is 0. The zero-order chi connectivity index (χ0) is 15.5. The lowest BCUT2D eigenvalue weighted by Crippen LogP contribution is -2.74. The number of morpholine rings is 1. The lowest BCUT2D eigenvalue weighted by atomic mass is 9.80. The molecule has 0 bridgehead atoms. The van der Waals surface area contributed by atoms with Crippen molar-refractivity contribution in [2.75, 3.05) is 46.1 Å². The molecule has 0 N–H and O–H groups in total. The number of piperidine rings is 1. The van der Waals surface area contributed by atoms with Gasteiger partial charge in [-0.15, -0.1) is 0 Å². The number of nitrogens with zero attached hydrogens (tertiary/aromatic N) is 2. The maximum absolute atomic E-state index is 6.33. The SMILES string of the molecule is C1CCN(N2CCOCC2(C2CCCCO2)C2CCCO2)CC1. The summed E-state index contributed by atoms with van der Waals surface area (Å²) < 4.78 is 18.6. The first-order chi connectivity index (χ1) is 11.4. The number of rotatable bonds is 3. The van der Waals surface area contributed by atoms with Crippen LogP contribution >= 0.6 is 0 Å². The zero-order valence-corrected chi connectivity index (χ0v) is 14.4. The Kier molecular flexibility index (Phi) is 5.21. The summed E-state index contributed by atoms with van der Waals surface area (Å²) in [6.07, 6.45) is 10.4. The summed E-state index contributed by atoms with van der Waals surface area (Å²) in [5, 5.41) is 5.24. The smallest absolute Gasteiger partial charge is 0.111 e. The molecule has 4 aliphatic rings. The van der Waals surface area contributed by atoms with E-state index in [9.17, 15) is 0 Å². The Morgan fingerprint density at radius 1 is 0.696 bits per heavy atom. The highest BCUT2D eigenvalue weighted by Gasteiger charge is 2.56. The van der Waals surface area contributed by atoms with Gasteiger partial charge in [-0.3, -0.25) is 0 Å². The van der Waals surface area contributed by atoms with Gasteiger partial charge in [-0.1, -0.05) is 6.42 Å². The average molecular weight is 324 g/mol. The molecule has 0 aromatic heterocycles. The lowest BCUT2D eigenvalue weighted by molar-refractivity contribution is -0.261. The lowest BCUT2D eigenvalue weighted by Gasteiger charge is -2.57. The second kappa shape index (κ2) is 7.36. The fourth-order valence-electron chi connectivity index (χ4n) is 5.03. The third kappa shape index (κ3) is 3.07. The van der Waals surface area contributed by atoms with Gasteiger partial charge in [0.1, 0.15) is 5.54 Å². The van der Waals surface area contributed by atoms with Crippen LogP contribution < -0.4 is 0 Å². The Labute approximate surface area is 140 Å². The minimum Gasteiger partial charge on any atom is -0.378 e. The monoisotopic (exact) mass is 324 g/mol. The highest BCUT2D eigenvalue weighted by molar-refractivity contribution is 5.06. The van der Waals surface area contributed by atoms with Crippen LogP contribution in [0.5, 0.6) is 0 Å². The van der Waals surface area contributed by atoms with E-state index in [1.54, 1.807) is 0 Å². The summed E-state index contributed by atoms with van der Waals surface area (Å²) in [5.74, 6) is 0. The third-order valence-corrected chi connectivity index (χ3v) is 6.16. The van der Waals surface area contributed by atoms with Crippen LogP contribution in [0.1, 0.15) is 51.4 Å². The molecule has 0 aromatic carbocycles. The van der Waals surface area contributed by atoms with Gasteiger partial charge in [-0.25, -0.2) is 10.0 Å². The molecular formula is C18H32N2O3. The van der Waals surface area contributed by atoms with Crippen molar-refractivity contribution in [1.82, 2.24) is 10.0 Å². The summed E-state index contributed by atoms with van der Waals surface area (Å²) in [5.41, 5.74) is -0.105. The Hall–Kier alpha value is -0.200. The van der Waals surface area contributed by atoms with Crippen molar-refractivity contribution in [2.24, 2.45) is 0 Å². The zero-order valence-electron chi connectivity index (χ0n) is 14.4. The van der Waals surface area contributed by atoms with Crippen LogP contribution in [0.4, 0.5) is 0 Å². The average Bonchev–Trinajstić information content (AvgIpc) is 3.18. The molecule has 0 aliphatic carbocycles. The second-order valence-electron chi connectivity index (χ2n) is 7.54. The van der Waals surface area contributed by atoms with Gasteiger partial charge >= 0.3 is 0 Å². The molecule has 0 radical (unpaired) electrons. The molecule has 5 nitrogen and oxygen atoms in total. The normalized spacial score (nSPS) is 41.2. The van der Waals surface area contributed by atoms with Gasteiger partial charge in [-0.05, 0) is 44.9 Å². The summed E-state index contributed by atoms with van der Waals surface area (Å²) in [6, 6.07) is 0. The molecule has 4 saturated heterocycles. The van der Waals surface area contributed by atoms with Gasteiger partial charge in [0.2, 0.25) is 0 Å². The van der Waals surface area contributed by atoms with Crippen molar-refractivity contribution < 1.29 is 14.2 Å². The molecule has 23 heavy (non-hydrogen) atoms. The quantitative estimate of drug-likeness (QED) is 0.795. The molecule has 0 aromatic rings. The van der Waals surface area contributed by atoms with Crippen LogP contribution in [0.25, 0.3) is 0 Å². The van der Waals surface area contributed by atoms with Crippen molar-refractivity contribution in [2.45, 2.75) is 69.1 Å². The number of ether oxygens (including phenoxy) is 3. The van der Waals surface area contributed by atoms with Crippen LogP contribution in [-0.4, -0.2) is 73.8 Å². The number of hydrogen-bond acceptors (Lipinski definition) is 5. The summed E-state index contributed by atoms with van der Waals surface area (Å²) in [6.45, 7) is 6.73. The van der Waals surface area contributed by atoms with E-state index in [0.717, 1.165) is 45.8 Å². The summed E-state index contributed by atoms with van der Waals surface area (Å²) in [4.78, 5) is 0. The van der Waals surface area contributed by atoms with E-state index >= 15 is 0 Å². The van der Waals surface area contributed by atoms with Gasteiger partial charge in [0.15, 0.2) is 0 Å². The Bertz CT molecular complexity index is 376. The first-order valence-corrected chi connectivity index (χ1v) is 9.75. The fraction of sp³-hybridized carbons (Fsp3) is 1.00. The standard InChI is InChI=1S/C18H32N2O3/c1-3-9-19(10-4-1)20-11-14-21-15-18(20,17-8-6-13-23-17)16-7-2-5-12-22-16/h16-17H,1-15H2. The predicted molar refractivity (Wildman–Crippen MR) is 88.2 cm³/mol. The van der Waals surface area contributed by atoms with E-state index in [-0.39, 0.29) is 17.7 Å². The predicted octanol–water partition coefficient (Wildman–Crippen LogP) is 2.21. The Morgan fingerprint density at radius 2 is 1.43 bits per heavy atom. The largest absolute Gasteiger partial charge is 0.378 e. The number of hydrazine groups is 1. The maximum atomic E-state index is 6.33. The first kappa shape index (κ1) is 16.3. The van der Waals surface area contributed by atoms with Crippen LogP contribution in [0.15, 0.2) is 0 Å². The van der Waals surface area contributed by atoms with Gasteiger partial charge in [-0.2, -0.15) is 0 Å². The van der Waals surface area contributed by atoms with Crippen LogP contribution in [0.3, 0.4) is 0 Å². The molecule has 0 amide bonds. The molecule has 4 heterocycles. The van der Waals surface area contributed by atoms with Crippen molar-refractivity contribution >= 4 is 0 Å². The molecule has 4 rings (SSSR count). The van der Waals surface area contributed by atoms with Crippen molar-refractivity contribution in [3.63, 3.8) is 0 Å². The highest BCUT2D eigenvalue weighted by atomic mass is 16.5.